The molecule has 5 heteroatoms. The Morgan fingerprint density at radius 3 is 2.47 bits per heavy atom. The normalized spacial score (nSPS) is 10.6. The molecule has 0 saturated heterocycles. The van der Waals surface area contributed by atoms with Crippen molar-refractivity contribution < 1.29 is 19.1 Å². The molecule has 0 saturated carbocycles. The largest absolute Gasteiger partial charge is 0.493 e. The fourth-order valence-electron chi connectivity index (χ4n) is 2.86. The molecular formula is C25H23NO4. The zero-order valence-electron chi connectivity index (χ0n) is 16.9. The summed E-state index contributed by atoms with van der Waals surface area (Å²) in [4.78, 5) is 23.7. The summed E-state index contributed by atoms with van der Waals surface area (Å²) in [6.07, 6.45) is 3.21. The Labute approximate surface area is 176 Å². The number of methoxy groups -OCH3 is 1. The molecule has 152 valence electrons. The highest BCUT2D eigenvalue weighted by molar-refractivity contribution is 6.07. The highest BCUT2D eigenvalue weighted by Gasteiger charge is 2.07. The molecule has 0 bridgehead atoms. The Hall–Kier alpha value is -3.86. The van der Waals surface area contributed by atoms with Crippen LogP contribution in [-0.2, 0) is 11.4 Å². The lowest BCUT2D eigenvalue weighted by Gasteiger charge is -2.11. The standard InChI is InChI=1S/C25H23NO4/c1-18(27)26-22-10-6-9-21(16-22)23(28)13-11-19-12-14-24(25(15-19)29-2)30-17-20-7-4-3-5-8-20/h3-16H,17H2,1-2H3,(H,26,27)/b13-11+. The quantitative estimate of drug-likeness (QED) is 0.420. The van der Waals surface area contributed by atoms with E-state index in [1.54, 1.807) is 37.5 Å². The molecule has 0 aromatic heterocycles. The molecule has 0 radical (unpaired) electrons. The minimum Gasteiger partial charge on any atom is -0.493 e. The number of hydrogen-bond acceptors (Lipinski definition) is 4. The molecule has 0 atom stereocenters. The van der Waals surface area contributed by atoms with Crippen molar-refractivity contribution in [2.24, 2.45) is 0 Å². The van der Waals surface area contributed by atoms with Crippen molar-refractivity contribution in [2.45, 2.75) is 13.5 Å². The number of ketones is 1. The monoisotopic (exact) mass is 401 g/mol. The van der Waals surface area contributed by atoms with Crippen LogP contribution >= 0.6 is 0 Å². The van der Waals surface area contributed by atoms with Gasteiger partial charge >= 0.3 is 0 Å². The summed E-state index contributed by atoms with van der Waals surface area (Å²) in [6, 6.07) is 22.2. The van der Waals surface area contributed by atoms with E-state index in [1.165, 1.54) is 13.0 Å². The van der Waals surface area contributed by atoms with Crippen LogP contribution in [0.5, 0.6) is 11.5 Å². The van der Waals surface area contributed by atoms with E-state index in [0.29, 0.717) is 29.4 Å². The SMILES string of the molecule is COc1cc(/C=C/C(=O)c2cccc(NC(C)=O)c2)ccc1OCc1ccccc1. The molecule has 0 unspecified atom stereocenters. The van der Waals surface area contributed by atoms with E-state index in [-0.39, 0.29) is 11.7 Å². The predicted molar refractivity (Wildman–Crippen MR) is 118 cm³/mol. The van der Waals surface area contributed by atoms with E-state index >= 15 is 0 Å². The molecule has 5 nitrogen and oxygen atoms in total. The summed E-state index contributed by atoms with van der Waals surface area (Å²) in [6.45, 7) is 1.87. The average Bonchev–Trinajstić information content (AvgIpc) is 2.76. The smallest absolute Gasteiger partial charge is 0.221 e. The molecule has 3 rings (SSSR count). The summed E-state index contributed by atoms with van der Waals surface area (Å²) in [7, 11) is 1.58. The number of nitrogens with one attached hydrogen (secondary N) is 1. The number of hydrogen-bond donors (Lipinski definition) is 1. The third-order valence-corrected chi connectivity index (χ3v) is 4.32. The van der Waals surface area contributed by atoms with E-state index in [9.17, 15) is 9.59 Å². The van der Waals surface area contributed by atoms with Crippen molar-refractivity contribution in [1.82, 2.24) is 0 Å². The van der Waals surface area contributed by atoms with E-state index in [4.69, 9.17) is 9.47 Å². The van der Waals surface area contributed by atoms with Gasteiger partial charge < -0.3 is 14.8 Å². The van der Waals surface area contributed by atoms with Crippen LogP contribution < -0.4 is 14.8 Å². The van der Waals surface area contributed by atoms with Crippen molar-refractivity contribution in [3.63, 3.8) is 0 Å². The van der Waals surface area contributed by atoms with E-state index in [0.717, 1.165) is 11.1 Å². The number of amides is 1. The zero-order chi connectivity index (χ0) is 21.3. The molecule has 30 heavy (non-hydrogen) atoms. The molecule has 0 fully saturated rings. The fraction of sp³-hybridized carbons (Fsp3) is 0.120. The molecular weight excluding hydrogens is 378 g/mol. The van der Waals surface area contributed by atoms with Crippen LogP contribution in [0.3, 0.4) is 0 Å². The molecule has 1 N–H and O–H groups in total. The van der Waals surface area contributed by atoms with Gasteiger partial charge in [-0.2, -0.15) is 0 Å². The molecule has 3 aromatic rings. The van der Waals surface area contributed by atoms with Crippen LogP contribution in [0.4, 0.5) is 5.69 Å². The minimum absolute atomic E-state index is 0.162. The van der Waals surface area contributed by atoms with Crippen molar-refractivity contribution in [3.05, 3.63) is 95.6 Å². The van der Waals surface area contributed by atoms with Crippen LogP contribution in [-0.4, -0.2) is 18.8 Å². The summed E-state index contributed by atoms with van der Waals surface area (Å²) < 4.78 is 11.3. The fourth-order valence-corrected chi connectivity index (χ4v) is 2.86. The number of anilines is 1. The Morgan fingerprint density at radius 1 is 0.933 bits per heavy atom. The average molecular weight is 401 g/mol. The van der Waals surface area contributed by atoms with Gasteiger partial charge in [0.05, 0.1) is 7.11 Å². The van der Waals surface area contributed by atoms with Gasteiger partial charge in [0.1, 0.15) is 6.61 Å². The topological polar surface area (TPSA) is 64.6 Å². The lowest BCUT2D eigenvalue weighted by molar-refractivity contribution is -0.114. The number of benzene rings is 3. The van der Waals surface area contributed by atoms with Gasteiger partial charge in [0.2, 0.25) is 5.91 Å². The van der Waals surface area contributed by atoms with Gasteiger partial charge in [-0.15, -0.1) is 0 Å². The van der Waals surface area contributed by atoms with Crippen LogP contribution in [0.1, 0.15) is 28.4 Å². The van der Waals surface area contributed by atoms with Crippen molar-refractivity contribution in [2.75, 3.05) is 12.4 Å². The lowest BCUT2D eigenvalue weighted by atomic mass is 10.1. The summed E-state index contributed by atoms with van der Waals surface area (Å²) >= 11 is 0. The Balaban J connectivity index is 1.69. The summed E-state index contributed by atoms with van der Waals surface area (Å²) in [5.41, 5.74) is 2.96. The van der Waals surface area contributed by atoms with Crippen molar-refractivity contribution in [1.29, 1.82) is 0 Å². The number of rotatable bonds is 8. The molecule has 0 spiro atoms. The van der Waals surface area contributed by atoms with Gasteiger partial charge in [-0.3, -0.25) is 9.59 Å². The van der Waals surface area contributed by atoms with E-state index in [1.807, 2.05) is 48.5 Å². The molecule has 3 aromatic carbocycles. The summed E-state index contributed by atoms with van der Waals surface area (Å²) in [5, 5.41) is 2.67. The summed E-state index contributed by atoms with van der Waals surface area (Å²) in [5.74, 6) is 0.878. The van der Waals surface area contributed by atoms with E-state index in [2.05, 4.69) is 5.32 Å². The second-order valence-electron chi connectivity index (χ2n) is 6.64. The number of ether oxygens (including phenoxy) is 2. The van der Waals surface area contributed by atoms with E-state index < -0.39 is 0 Å². The van der Waals surface area contributed by atoms with Gasteiger partial charge in [0.25, 0.3) is 0 Å². The number of carbonyl (C=O) groups is 2. The maximum Gasteiger partial charge on any atom is 0.221 e. The highest BCUT2D eigenvalue weighted by Crippen LogP contribution is 2.29. The Kier molecular flexibility index (Phi) is 7.00. The number of allylic oxidation sites excluding steroid dienone is 1. The first-order chi connectivity index (χ1) is 14.5. The van der Waals surface area contributed by atoms with Gasteiger partial charge in [-0.05, 0) is 41.5 Å². The zero-order valence-corrected chi connectivity index (χ0v) is 16.9. The first-order valence-electron chi connectivity index (χ1n) is 9.50. The van der Waals surface area contributed by atoms with Crippen molar-refractivity contribution in [3.8, 4) is 11.5 Å². The van der Waals surface area contributed by atoms with Crippen LogP contribution in [0.15, 0.2) is 78.9 Å². The third-order valence-electron chi connectivity index (χ3n) is 4.32. The third kappa shape index (κ3) is 5.82. The van der Waals surface area contributed by atoms with Gasteiger partial charge in [0.15, 0.2) is 17.3 Å². The molecule has 0 aliphatic rings. The number of carbonyl (C=O) groups excluding carboxylic acids is 2. The maximum atomic E-state index is 12.5. The molecule has 0 heterocycles. The second-order valence-corrected chi connectivity index (χ2v) is 6.64. The lowest BCUT2D eigenvalue weighted by Crippen LogP contribution is -2.06. The highest BCUT2D eigenvalue weighted by atomic mass is 16.5. The predicted octanol–water partition coefficient (Wildman–Crippen LogP) is 5.13. The first-order valence-corrected chi connectivity index (χ1v) is 9.50. The minimum atomic E-state index is -0.184. The van der Waals surface area contributed by atoms with Gasteiger partial charge in [-0.25, -0.2) is 0 Å². The molecule has 0 aliphatic heterocycles. The molecule has 0 aliphatic carbocycles. The van der Waals surface area contributed by atoms with Gasteiger partial charge in [0, 0.05) is 18.2 Å². The second kappa shape index (κ2) is 10.1. The first kappa shape index (κ1) is 20.9. The van der Waals surface area contributed by atoms with Gasteiger partial charge in [-0.1, -0.05) is 54.6 Å². The van der Waals surface area contributed by atoms with Crippen LogP contribution in [0.25, 0.3) is 6.08 Å². The molecule has 1 amide bonds. The van der Waals surface area contributed by atoms with Crippen molar-refractivity contribution >= 4 is 23.5 Å². The van der Waals surface area contributed by atoms with Crippen LogP contribution in [0, 0.1) is 0 Å². The van der Waals surface area contributed by atoms with Crippen LogP contribution in [0.2, 0.25) is 0 Å². The maximum absolute atomic E-state index is 12.5. The Morgan fingerprint density at radius 2 is 1.73 bits per heavy atom. The Bertz CT molecular complexity index is 1060.